The van der Waals surface area contributed by atoms with Crippen LogP contribution in [0.15, 0.2) is 10.9 Å². The average Bonchev–Trinajstić information content (AvgIpc) is 2.13. The molecule has 0 fully saturated rings. The maximum atomic E-state index is 11.9. The van der Waals surface area contributed by atoms with Crippen LogP contribution in [0.2, 0.25) is 0 Å². The fourth-order valence-corrected chi connectivity index (χ4v) is 1.67. The van der Waals surface area contributed by atoms with Crippen molar-refractivity contribution in [1.29, 1.82) is 5.26 Å². The minimum Gasteiger partial charge on any atom is -0.325 e. The first-order valence-corrected chi connectivity index (χ1v) is 5.76. The predicted octanol–water partition coefficient (Wildman–Crippen LogP) is 2.84. The topological polar surface area (TPSA) is 56.6 Å². The number of hydrogen-bond acceptors (Lipinski definition) is 2. The second-order valence-corrected chi connectivity index (χ2v) is 6.41. The molecule has 3 heteroatoms. The fraction of sp³-hybridized carbons (Fsp3) is 0.571. The van der Waals surface area contributed by atoms with E-state index in [1.807, 2.05) is 53.7 Å². The molecule has 0 bridgehead atoms. The predicted molar refractivity (Wildman–Crippen MR) is 69.2 cm³/mol. The molecule has 0 radical (unpaired) electrons. The Morgan fingerprint density at radius 1 is 1.12 bits per heavy atom. The van der Waals surface area contributed by atoms with E-state index in [0.717, 1.165) is 11.3 Å². The number of nitriles is 1. The van der Waals surface area contributed by atoms with Gasteiger partial charge in [0.2, 0.25) is 0 Å². The van der Waals surface area contributed by atoms with Gasteiger partial charge in [0.15, 0.2) is 0 Å². The van der Waals surface area contributed by atoms with E-state index < -0.39 is 0 Å². The second kappa shape index (κ2) is 4.03. The molecule has 0 amide bonds. The summed E-state index contributed by atoms with van der Waals surface area (Å²) in [7, 11) is 0. The number of H-pyrrole nitrogens is 1. The van der Waals surface area contributed by atoms with Crippen LogP contribution in [-0.4, -0.2) is 4.98 Å². The Morgan fingerprint density at radius 2 is 1.65 bits per heavy atom. The highest BCUT2D eigenvalue weighted by molar-refractivity contribution is 5.41. The lowest BCUT2D eigenvalue weighted by atomic mass is 9.81. The summed E-state index contributed by atoms with van der Waals surface area (Å²) in [5.41, 5.74) is 1.28. The van der Waals surface area contributed by atoms with Crippen LogP contribution in [0.25, 0.3) is 0 Å². The quantitative estimate of drug-likeness (QED) is 0.747. The van der Waals surface area contributed by atoms with Crippen LogP contribution in [0, 0.1) is 11.3 Å². The standard InChI is InChI=1S/C14H20N2O/c1-13(2,3)10-7-11(14(4,5)6)16-12(17)9(10)8-15/h7H,1-6H3,(H,16,17). The first kappa shape index (κ1) is 13.5. The highest BCUT2D eigenvalue weighted by Crippen LogP contribution is 2.28. The Bertz CT molecular complexity index is 519. The molecule has 0 saturated heterocycles. The molecule has 0 unspecified atom stereocenters. The van der Waals surface area contributed by atoms with E-state index in [-0.39, 0.29) is 22.0 Å². The van der Waals surface area contributed by atoms with Crippen molar-refractivity contribution in [1.82, 2.24) is 4.98 Å². The summed E-state index contributed by atoms with van der Waals surface area (Å²) in [6.45, 7) is 12.1. The third kappa shape index (κ3) is 2.76. The maximum absolute atomic E-state index is 11.9. The second-order valence-electron chi connectivity index (χ2n) is 6.41. The normalized spacial score (nSPS) is 12.3. The van der Waals surface area contributed by atoms with E-state index in [1.54, 1.807) is 0 Å². The van der Waals surface area contributed by atoms with Gasteiger partial charge in [0.05, 0.1) is 0 Å². The molecular formula is C14H20N2O. The van der Waals surface area contributed by atoms with Gasteiger partial charge in [-0.05, 0) is 17.0 Å². The summed E-state index contributed by atoms with van der Waals surface area (Å²) >= 11 is 0. The SMILES string of the molecule is CC(C)(C)c1cc(C(C)(C)C)c(C#N)c(=O)[nH]1. The molecular weight excluding hydrogens is 212 g/mol. The molecule has 1 N–H and O–H groups in total. The molecule has 1 aromatic heterocycles. The number of aromatic amines is 1. The Morgan fingerprint density at radius 3 is 2.00 bits per heavy atom. The summed E-state index contributed by atoms with van der Waals surface area (Å²) < 4.78 is 0. The van der Waals surface area contributed by atoms with Gasteiger partial charge in [-0.1, -0.05) is 41.5 Å². The molecule has 0 saturated carbocycles. The van der Waals surface area contributed by atoms with E-state index in [2.05, 4.69) is 4.98 Å². The molecule has 3 nitrogen and oxygen atoms in total. The Balaban J connectivity index is 3.64. The van der Waals surface area contributed by atoms with E-state index in [1.165, 1.54) is 0 Å². The van der Waals surface area contributed by atoms with Crippen molar-refractivity contribution in [3.05, 3.63) is 33.2 Å². The van der Waals surface area contributed by atoms with Gasteiger partial charge >= 0.3 is 0 Å². The third-order valence-electron chi connectivity index (χ3n) is 2.76. The van der Waals surface area contributed by atoms with Crippen molar-refractivity contribution in [3.63, 3.8) is 0 Å². The van der Waals surface area contributed by atoms with Gasteiger partial charge in [0.1, 0.15) is 11.6 Å². The summed E-state index contributed by atoms with van der Waals surface area (Å²) in [6.07, 6.45) is 0. The molecule has 92 valence electrons. The molecule has 0 aromatic carbocycles. The summed E-state index contributed by atoms with van der Waals surface area (Å²) in [4.78, 5) is 14.7. The van der Waals surface area contributed by atoms with Gasteiger partial charge in [0, 0.05) is 11.1 Å². The lowest BCUT2D eigenvalue weighted by Crippen LogP contribution is -2.26. The maximum Gasteiger partial charge on any atom is 0.266 e. The van der Waals surface area contributed by atoms with E-state index in [9.17, 15) is 4.79 Å². The molecule has 1 rings (SSSR count). The average molecular weight is 232 g/mol. The molecule has 0 aliphatic rings. The largest absolute Gasteiger partial charge is 0.325 e. The summed E-state index contributed by atoms with van der Waals surface area (Å²) in [5, 5.41) is 9.09. The molecule has 1 aromatic rings. The first-order chi connectivity index (χ1) is 7.57. The van der Waals surface area contributed by atoms with Gasteiger partial charge in [0.25, 0.3) is 5.56 Å². The Hall–Kier alpha value is -1.56. The van der Waals surface area contributed by atoms with Crippen molar-refractivity contribution in [2.75, 3.05) is 0 Å². The minimum atomic E-state index is -0.287. The lowest BCUT2D eigenvalue weighted by molar-refractivity contribution is 0.548. The first-order valence-electron chi connectivity index (χ1n) is 5.76. The highest BCUT2D eigenvalue weighted by atomic mass is 16.1. The van der Waals surface area contributed by atoms with E-state index in [0.29, 0.717) is 0 Å². The highest BCUT2D eigenvalue weighted by Gasteiger charge is 2.24. The lowest BCUT2D eigenvalue weighted by Gasteiger charge is -2.25. The zero-order chi connectivity index (χ0) is 13.4. The van der Waals surface area contributed by atoms with Crippen molar-refractivity contribution in [2.45, 2.75) is 52.4 Å². The van der Waals surface area contributed by atoms with Crippen LogP contribution in [-0.2, 0) is 10.8 Å². The van der Waals surface area contributed by atoms with Crippen LogP contribution < -0.4 is 5.56 Å². The number of hydrogen-bond donors (Lipinski definition) is 1. The van der Waals surface area contributed by atoms with E-state index in [4.69, 9.17) is 5.26 Å². The zero-order valence-electron chi connectivity index (χ0n) is 11.4. The molecule has 0 aliphatic heterocycles. The number of nitrogens with zero attached hydrogens (tertiary/aromatic N) is 1. The smallest absolute Gasteiger partial charge is 0.266 e. The number of rotatable bonds is 0. The van der Waals surface area contributed by atoms with Crippen molar-refractivity contribution < 1.29 is 0 Å². The molecule has 0 aliphatic carbocycles. The van der Waals surface area contributed by atoms with Crippen molar-refractivity contribution in [3.8, 4) is 6.07 Å². The van der Waals surface area contributed by atoms with Gasteiger partial charge in [-0.25, -0.2) is 0 Å². The van der Waals surface area contributed by atoms with Crippen molar-refractivity contribution in [2.24, 2.45) is 0 Å². The Labute approximate surface area is 102 Å². The van der Waals surface area contributed by atoms with Crippen LogP contribution in [0.5, 0.6) is 0 Å². The molecule has 17 heavy (non-hydrogen) atoms. The zero-order valence-corrected chi connectivity index (χ0v) is 11.4. The van der Waals surface area contributed by atoms with Crippen LogP contribution in [0.4, 0.5) is 0 Å². The van der Waals surface area contributed by atoms with Crippen molar-refractivity contribution >= 4 is 0 Å². The summed E-state index contributed by atoms with van der Waals surface area (Å²) in [5.74, 6) is 0. The van der Waals surface area contributed by atoms with Gasteiger partial charge in [-0.2, -0.15) is 5.26 Å². The number of pyridine rings is 1. The summed E-state index contributed by atoms with van der Waals surface area (Å²) in [6, 6.07) is 3.95. The minimum absolute atomic E-state index is 0.132. The Kier molecular flexibility index (Phi) is 3.20. The third-order valence-corrected chi connectivity index (χ3v) is 2.76. The van der Waals surface area contributed by atoms with Gasteiger partial charge in [-0.3, -0.25) is 4.79 Å². The molecule has 0 spiro atoms. The molecule has 1 heterocycles. The van der Waals surface area contributed by atoms with Crippen LogP contribution in [0.1, 0.15) is 58.4 Å². The van der Waals surface area contributed by atoms with E-state index >= 15 is 0 Å². The number of nitrogens with one attached hydrogen (secondary N) is 1. The van der Waals surface area contributed by atoms with Gasteiger partial charge in [-0.15, -0.1) is 0 Å². The monoisotopic (exact) mass is 232 g/mol. The molecule has 0 atom stereocenters. The number of aromatic nitrogens is 1. The fourth-order valence-electron chi connectivity index (χ4n) is 1.67. The van der Waals surface area contributed by atoms with Gasteiger partial charge < -0.3 is 4.98 Å². The van der Waals surface area contributed by atoms with Crippen LogP contribution in [0.3, 0.4) is 0 Å². The van der Waals surface area contributed by atoms with Crippen LogP contribution >= 0.6 is 0 Å².